The third kappa shape index (κ3) is 2.81. The van der Waals surface area contributed by atoms with Gasteiger partial charge in [0.05, 0.1) is 18.1 Å². The SMILES string of the molecule is COc1cc2c(cc1F)nc(N)n2CCCN1CCCC1. The molecule has 5 nitrogen and oxygen atoms in total. The molecule has 114 valence electrons. The summed E-state index contributed by atoms with van der Waals surface area (Å²) in [5, 5.41) is 0. The molecule has 0 saturated carbocycles. The van der Waals surface area contributed by atoms with Gasteiger partial charge in [-0.05, 0) is 38.9 Å². The third-order valence-corrected chi connectivity index (χ3v) is 4.11. The fourth-order valence-electron chi connectivity index (χ4n) is 3.00. The highest BCUT2D eigenvalue weighted by molar-refractivity contribution is 5.80. The number of anilines is 1. The minimum absolute atomic E-state index is 0.225. The Kier molecular flexibility index (Phi) is 3.96. The molecule has 1 aromatic carbocycles. The molecule has 1 aliphatic rings. The van der Waals surface area contributed by atoms with Gasteiger partial charge in [-0.3, -0.25) is 0 Å². The second-order valence-electron chi connectivity index (χ2n) is 5.50. The smallest absolute Gasteiger partial charge is 0.201 e. The summed E-state index contributed by atoms with van der Waals surface area (Å²) in [5.74, 6) is 0.244. The number of likely N-dealkylation sites (tertiary alicyclic amines) is 1. The molecule has 0 atom stereocenters. The number of fused-ring (bicyclic) bond motifs is 1. The Labute approximate surface area is 123 Å². The maximum atomic E-state index is 13.7. The Bertz CT molecular complexity index is 634. The Hall–Kier alpha value is -1.82. The highest BCUT2D eigenvalue weighted by Gasteiger charge is 2.14. The molecule has 0 unspecified atom stereocenters. The van der Waals surface area contributed by atoms with Gasteiger partial charge in [0.25, 0.3) is 0 Å². The summed E-state index contributed by atoms with van der Waals surface area (Å²) in [4.78, 5) is 6.70. The van der Waals surface area contributed by atoms with Crippen LogP contribution in [-0.2, 0) is 6.54 Å². The molecular formula is C15H21FN4O. The first-order valence-corrected chi connectivity index (χ1v) is 7.40. The first-order chi connectivity index (χ1) is 10.2. The van der Waals surface area contributed by atoms with Crippen molar-refractivity contribution in [3.63, 3.8) is 0 Å². The van der Waals surface area contributed by atoms with Gasteiger partial charge < -0.3 is 19.9 Å². The maximum Gasteiger partial charge on any atom is 0.201 e. The zero-order valence-electron chi connectivity index (χ0n) is 12.3. The third-order valence-electron chi connectivity index (χ3n) is 4.11. The number of benzene rings is 1. The molecule has 1 aromatic heterocycles. The summed E-state index contributed by atoms with van der Waals surface area (Å²) in [6.07, 6.45) is 3.61. The van der Waals surface area contributed by atoms with Crippen molar-refractivity contribution in [2.45, 2.75) is 25.8 Å². The fraction of sp³-hybridized carbons (Fsp3) is 0.533. The van der Waals surface area contributed by atoms with E-state index in [-0.39, 0.29) is 5.75 Å². The van der Waals surface area contributed by atoms with Crippen molar-refractivity contribution in [3.8, 4) is 5.75 Å². The van der Waals surface area contributed by atoms with E-state index in [0.717, 1.165) is 25.0 Å². The van der Waals surface area contributed by atoms with Gasteiger partial charge in [0.15, 0.2) is 11.6 Å². The molecule has 0 radical (unpaired) electrons. The number of nitrogens with two attached hydrogens (primary N) is 1. The summed E-state index contributed by atoms with van der Waals surface area (Å²) >= 11 is 0. The summed E-state index contributed by atoms with van der Waals surface area (Å²) < 4.78 is 20.7. The van der Waals surface area contributed by atoms with Crippen molar-refractivity contribution in [2.24, 2.45) is 0 Å². The summed E-state index contributed by atoms with van der Waals surface area (Å²) in [7, 11) is 1.46. The van der Waals surface area contributed by atoms with Gasteiger partial charge in [0, 0.05) is 18.7 Å². The lowest BCUT2D eigenvalue weighted by Gasteiger charge is -2.15. The van der Waals surface area contributed by atoms with Crippen molar-refractivity contribution in [1.29, 1.82) is 0 Å². The van der Waals surface area contributed by atoms with E-state index >= 15 is 0 Å². The number of hydrogen-bond donors (Lipinski definition) is 1. The molecule has 1 saturated heterocycles. The molecule has 21 heavy (non-hydrogen) atoms. The van der Waals surface area contributed by atoms with Crippen LogP contribution >= 0.6 is 0 Å². The predicted octanol–water partition coefficient (Wildman–Crippen LogP) is 2.25. The van der Waals surface area contributed by atoms with Crippen LogP contribution in [-0.4, -0.2) is 41.2 Å². The minimum Gasteiger partial charge on any atom is -0.494 e. The standard InChI is InChI=1S/C15H21FN4O/c1-21-14-10-13-12(9-11(14)16)18-15(17)20(13)8-4-7-19-5-2-3-6-19/h9-10H,2-8H2,1H3,(H2,17,18). The van der Waals surface area contributed by atoms with Crippen molar-refractivity contribution in [3.05, 3.63) is 17.9 Å². The normalized spacial score (nSPS) is 15.9. The van der Waals surface area contributed by atoms with Gasteiger partial charge in [-0.1, -0.05) is 0 Å². The topological polar surface area (TPSA) is 56.3 Å². The van der Waals surface area contributed by atoms with Crippen molar-refractivity contribution in [2.75, 3.05) is 32.5 Å². The Morgan fingerprint density at radius 3 is 2.76 bits per heavy atom. The van der Waals surface area contributed by atoms with E-state index in [2.05, 4.69) is 9.88 Å². The molecule has 2 aromatic rings. The number of halogens is 1. The number of imidazole rings is 1. The summed E-state index contributed by atoms with van der Waals surface area (Å²) in [5.41, 5.74) is 7.37. The van der Waals surface area contributed by atoms with E-state index in [1.165, 1.54) is 39.1 Å². The molecule has 2 heterocycles. The van der Waals surface area contributed by atoms with E-state index in [0.29, 0.717) is 11.5 Å². The first kappa shape index (κ1) is 14.1. The summed E-state index contributed by atoms with van der Waals surface area (Å²) in [6, 6.07) is 3.05. The van der Waals surface area contributed by atoms with Crippen LogP contribution in [0.2, 0.25) is 0 Å². The molecule has 1 fully saturated rings. The van der Waals surface area contributed by atoms with Crippen molar-refractivity contribution >= 4 is 17.0 Å². The quantitative estimate of drug-likeness (QED) is 0.918. The van der Waals surface area contributed by atoms with Gasteiger partial charge >= 0.3 is 0 Å². The van der Waals surface area contributed by atoms with E-state index in [1.54, 1.807) is 6.07 Å². The monoisotopic (exact) mass is 292 g/mol. The number of nitrogens with zero attached hydrogens (tertiary/aromatic N) is 3. The highest BCUT2D eigenvalue weighted by atomic mass is 19.1. The van der Waals surface area contributed by atoms with Crippen LogP contribution in [0.5, 0.6) is 5.75 Å². The van der Waals surface area contributed by atoms with Crippen LogP contribution in [0.25, 0.3) is 11.0 Å². The van der Waals surface area contributed by atoms with Crippen molar-refractivity contribution < 1.29 is 9.13 Å². The Balaban J connectivity index is 1.78. The van der Waals surface area contributed by atoms with Crippen LogP contribution in [0.4, 0.5) is 10.3 Å². The number of aryl methyl sites for hydroxylation is 1. The fourth-order valence-corrected chi connectivity index (χ4v) is 3.00. The largest absolute Gasteiger partial charge is 0.494 e. The number of nitrogen functional groups attached to an aromatic ring is 1. The van der Waals surface area contributed by atoms with E-state index in [1.807, 2.05) is 4.57 Å². The second-order valence-corrected chi connectivity index (χ2v) is 5.50. The molecule has 1 aliphatic heterocycles. The molecule has 0 spiro atoms. The molecule has 3 rings (SSSR count). The van der Waals surface area contributed by atoms with E-state index in [9.17, 15) is 4.39 Å². The van der Waals surface area contributed by atoms with Crippen LogP contribution in [0.3, 0.4) is 0 Å². The van der Waals surface area contributed by atoms with Crippen LogP contribution in [0, 0.1) is 5.82 Å². The highest BCUT2D eigenvalue weighted by Crippen LogP contribution is 2.26. The lowest BCUT2D eigenvalue weighted by Crippen LogP contribution is -2.21. The molecule has 6 heteroatoms. The van der Waals surface area contributed by atoms with Crippen molar-refractivity contribution in [1.82, 2.24) is 14.5 Å². The van der Waals surface area contributed by atoms with Gasteiger partial charge in [0.2, 0.25) is 5.95 Å². The minimum atomic E-state index is -0.410. The Morgan fingerprint density at radius 2 is 2.05 bits per heavy atom. The zero-order valence-corrected chi connectivity index (χ0v) is 12.3. The Morgan fingerprint density at radius 1 is 1.29 bits per heavy atom. The lowest BCUT2D eigenvalue weighted by molar-refractivity contribution is 0.326. The molecule has 2 N–H and O–H groups in total. The molecule has 0 amide bonds. The zero-order chi connectivity index (χ0) is 14.8. The van der Waals surface area contributed by atoms with E-state index < -0.39 is 5.82 Å². The number of methoxy groups -OCH3 is 1. The average Bonchev–Trinajstić information content (AvgIpc) is 3.07. The number of rotatable bonds is 5. The molecular weight excluding hydrogens is 271 g/mol. The predicted molar refractivity (Wildman–Crippen MR) is 80.9 cm³/mol. The summed E-state index contributed by atoms with van der Waals surface area (Å²) in [6.45, 7) is 4.24. The van der Waals surface area contributed by atoms with Crippen LogP contribution in [0.15, 0.2) is 12.1 Å². The lowest BCUT2D eigenvalue weighted by atomic mass is 10.2. The number of hydrogen-bond acceptors (Lipinski definition) is 4. The van der Waals surface area contributed by atoms with Gasteiger partial charge in [-0.15, -0.1) is 0 Å². The van der Waals surface area contributed by atoms with Gasteiger partial charge in [-0.2, -0.15) is 0 Å². The number of ether oxygens (including phenoxy) is 1. The van der Waals surface area contributed by atoms with E-state index in [4.69, 9.17) is 10.5 Å². The van der Waals surface area contributed by atoms with Gasteiger partial charge in [-0.25, -0.2) is 9.37 Å². The van der Waals surface area contributed by atoms with Gasteiger partial charge in [0.1, 0.15) is 0 Å². The van der Waals surface area contributed by atoms with Crippen LogP contribution in [0.1, 0.15) is 19.3 Å². The first-order valence-electron chi connectivity index (χ1n) is 7.40. The molecule has 0 bridgehead atoms. The maximum absolute atomic E-state index is 13.7. The molecule has 0 aliphatic carbocycles. The van der Waals surface area contributed by atoms with Crippen LogP contribution < -0.4 is 10.5 Å². The number of aromatic nitrogens is 2. The average molecular weight is 292 g/mol. The second kappa shape index (κ2) is 5.89.